The van der Waals surface area contributed by atoms with Crippen molar-refractivity contribution in [1.82, 2.24) is 4.98 Å². The van der Waals surface area contributed by atoms with E-state index in [2.05, 4.69) is 49.8 Å². The van der Waals surface area contributed by atoms with Crippen molar-refractivity contribution < 1.29 is 4.42 Å². The lowest BCUT2D eigenvalue weighted by Gasteiger charge is -2.09. The van der Waals surface area contributed by atoms with Crippen LogP contribution >= 0.6 is 31.9 Å². The number of anilines is 1. The van der Waals surface area contributed by atoms with E-state index >= 15 is 0 Å². The summed E-state index contributed by atoms with van der Waals surface area (Å²) in [5.74, 6) is 0.585. The number of nitrogens with zero attached hydrogens (tertiary/aromatic N) is 1. The minimum absolute atomic E-state index is 0.585. The van der Waals surface area contributed by atoms with Gasteiger partial charge in [-0.1, -0.05) is 6.07 Å². The Morgan fingerprint density at radius 1 is 1.05 bits per heavy atom. The molecule has 5 heteroatoms. The van der Waals surface area contributed by atoms with E-state index in [4.69, 9.17) is 10.2 Å². The summed E-state index contributed by atoms with van der Waals surface area (Å²) < 4.78 is 7.75. The lowest BCUT2D eigenvalue weighted by atomic mass is 10.1. The zero-order chi connectivity index (χ0) is 15.3. The molecule has 0 radical (unpaired) electrons. The number of aryl methyl sites for hydroxylation is 2. The number of nitrogen functional groups attached to an aromatic ring is 1. The van der Waals surface area contributed by atoms with Gasteiger partial charge < -0.3 is 10.2 Å². The second kappa shape index (κ2) is 5.14. The number of fused-ring (bicyclic) bond motifs is 1. The highest BCUT2D eigenvalue weighted by molar-refractivity contribution is 9.11. The highest BCUT2D eigenvalue weighted by atomic mass is 79.9. The molecule has 1 heterocycles. The van der Waals surface area contributed by atoms with E-state index in [9.17, 15) is 0 Å². The maximum Gasteiger partial charge on any atom is 0.228 e. The Kier molecular flexibility index (Phi) is 3.58. The third-order valence-corrected chi connectivity index (χ3v) is 4.84. The van der Waals surface area contributed by atoms with E-state index in [-0.39, 0.29) is 0 Å². The SMILES string of the molecule is Cc1cc(C)c2oc(-c3c(Br)cc(Br)c(N)c3C)nc2c1. The van der Waals surface area contributed by atoms with Crippen molar-refractivity contribution in [2.45, 2.75) is 20.8 Å². The van der Waals surface area contributed by atoms with Crippen molar-refractivity contribution in [2.24, 2.45) is 0 Å². The van der Waals surface area contributed by atoms with Crippen LogP contribution < -0.4 is 5.73 Å². The van der Waals surface area contributed by atoms with E-state index in [1.165, 1.54) is 5.56 Å². The van der Waals surface area contributed by atoms with Crippen LogP contribution in [-0.4, -0.2) is 4.98 Å². The summed E-state index contributed by atoms with van der Waals surface area (Å²) in [5.41, 5.74) is 12.6. The number of rotatable bonds is 1. The third-order valence-electron chi connectivity index (χ3n) is 3.56. The fraction of sp³-hybridized carbons (Fsp3) is 0.188. The van der Waals surface area contributed by atoms with E-state index in [0.717, 1.165) is 36.7 Å². The fourth-order valence-electron chi connectivity index (χ4n) is 2.50. The van der Waals surface area contributed by atoms with Crippen molar-refractivity contribution in [3.05, 3.63) is 43.8 Å². The van der Waals surface area contributed by atoms with Crippen LogP contribution in [0.1, 0.15) is 16.7 Å². The molecule has 1 aromatic heterocycles. The third kappa shape index (κ3) is 2.38. The molecule has 2 N–H and O–H groups in total. The molecule has 0 spiro atoms. The number of hydrogen-bond acceptors (Lipinski definition) is 3. The van der Waals surface area contributed by atoms with Gasteiger partial charge in [-0.15, -0.1) is 0 Å². The van der Waals surface area contributed by atoms with Crippen LogP contribution in [0.25, 0.3) is 22.6 Å². The van der Waals surface area contributed by atoms with Gasteiger partial charge in [0.05, 0.1) is 5.56 Å². The first-order chi connectivity index (χ1) is 9.88. The molecule has 3 aromatic rings. The molecule has 0 fully saturated rings. The summed E-state index contributed by atoms with van der Waals surface area (Å²) in [6.45, 7) is 6.05. The monoisotopic (exact) mass is 408 g/mol. The Balaban J connectivity index is 2.31. The van der Waals surface area contributed by atoms with Crippen LogP contribution in [0, 0.1) is 20.8 Å². The number of benzene rings is 2. The quantitative estimate of drug-likeness (QED) is 0.537. The molecule has 0 aliphatic heterocycles. The van der Waals surface area contributed by atoms with Crippen molar-refractivity contribution >= 4 is 48.6 Å². The summed E-state index contributed by atoms with van der Waals surface area (Å²) in [7, 11) is 0. The highest BCUT2D eigenvalue weighted by Crippen LogP contribution is 2.39. The minimum Gasteiger partial charge on any atom is -0.436 e. The number of nitrogens with two attached hydrogens (primary N) is 1. The second-order valence-electron chi connectivity index (χ2n) is 5.20. The van der Waals surface area contributed by atoms with Gasteiger partial charge in [0.2, 0.25) is 5.89 Å². The Hall–Kier alpha value is -1.33. The first kappa shape index (κ1) is 14.6. The summed E-state index contributed by atoms with van der Waals surface area (Å²) >= 11 is 7.03. The van der Waals surface area contributed by atoms with E-state index in [1.807, 2.05) is 26.0 Å². The molecule has 0 atom stereocenters. The maximum atomic E-state index is 6.10. The molecule has 21 heavy (non-hydrogen) atoms. The van der Waals surface area contributed by atoms with Crippen LogP contribution in [0.3, 0.4) is 0 Å². The summed E-state index contributed by atoms with van der Waals surface area (Å²) in [6, 6.07) is 6.04. The van der Waals surface area contributed by atoms with E-state index < -0.39 is 0 Å². The number of hydrogen-bond donors (Lipinski definition) is 1. The molecule has 2 aromatic carbocycles. The molecular weight excluding hydrogens is 396 g/mol. The lowest BCUT2D eigenvalue weighted by Crippen LogP contribution is -1.95. The zero-order valence-corrected chi connectivity index (χ0v) is 15.1. The van der Waals surface area contributed by atoms with Gasteiger partial charge in [-0.3, -0.25) is 0 Å². The molecule has 0 bridgehead atoms. The molecule has 0 aliphatic rings. The fourth-order valence-corrected chi connectivity index (χ4v) is 4.03. The van der Waals surface area contributed by atoms with E-state index in [0.29, 0.717) is 11.6 Å². The first-order valence-corrected chi connectivity index (χ1v) is 8.09. The highest BCUT2D eigenvalue weighted by Gasteiger charge is 2.18. The van der Waals surface area contributed by atoms with Gasteiger partial charge in [0.25, 0.3) is 0 Å². The van der Waals surface area contributed by atoms with Crippen molar-refractivity contribution in [1.29, 1.82) is 0 Å². The normalized spacial score (nSPS) is 11.3. The predicted octanol–water partition coefficient (Wildman–Crippen LogP) is 5.53. The smallest absolute Gasteiger partial charge is 0.228 e. The Labute approximate surface area is 139 Å². The summed E-state index contributed by atoms with van der Waals surface area (Å²) in [6.07, 6.45) is 0. The van der Waals surface area contributed by atoms with Crippen LogP contribution in [0.15, 0.2) is 31.6 Å². The van der Waals surface area contributed by atoms with Gasteiger partial charge >= 0.3 is 0 Å². The van der Waals surface area contributed by atoms with Crippen molar-refractivity contribution in [2.75, 3.05) is 5.73 Å². The summed E-state index contributed by atoms with van der Waals surface area (Å²) in [4.78, 5) is 4.63. The van der Waals surface area contributed by atoms with Gasteiger partial charge in [-0.2, -0.15) is 0 Å². The molecule has 0 saturated carbocycles. The predicted molar refractivity (Wildman–Crippen MR) is 93.5 cm³/mol. The Morgan fingerprint density at radius 2 is 1.76 bits per heavy atom. The molecule has 0 amide bonds. The average Bonchev–Trinajstić information content (AvgIpc) is 2.80. The topological polar surface area (TPSA) is 52.0 Å². The lowest BCUT2D eigenvalue weighted by molar-refractivity contribution is 0.616. The summed E-state index contributed by atoms with van der Waals surface area (Å²) in [5, 5.41) is 0. The van der Waals surface area contributed by atoms with Gasteiger partial charge in [-0.05, 0) is 81.5 Å². The molecular formula is C16H14Br2N2O. The molecule has 0 aliphatic carbocycles. The molecule has 3 rings (SSSR count). The standard InChI is InChI=1S/C16H14Br2N2O/c1-7-4-8(2)15-12(5-7)20-16(21-15)13-9(3)14(19)11(18)6-10(13)17/h4-6H,19H2,1-3H3. The van der Waals surface area contributed by atoms with Crippen LogP contribution in [-0.2, 0) is 0 Å². The maximum absolute atomic E-state index is 6.10. The Bertz CT molecular complexity index is 869. The average molecular weight is 410 g/mol. The second-order valence-corrected chi connectivity index (χ2v) is 6.91. The van der Waals surface area contributed by atoms with Gasteiger partial charge in [-0.25, -0.2) is 4.98 Å². The molecule has 108 valence electrons. The van der Waals surface area contributed by atoms with Gasteiger partial charge in [0.15, 0.2) is 5.58 Å². The number of oxazole rings is 1. The van der Waals surface area contributed by atoms with Crippen LogP contribution in [0.2, 0.25) is 0 Å². The first-order valence-electron chi connectivity index (χ1n) is 6.50. The largest absolute Gasteiger partial charge is 0.436 e. The number of halogens is 2. The van der Waals surface area contributed by atoms with Crippen LogP contribution in [0.5, 0.6) is 0 Å². The zero-order valence-electron chi connectivity index (χ0n) is 11.9. The van der Waals surface area contributed by atoms with Crippen LogP contribution in [0.4, 0.5) is 5.69 Å². The van der Waals surface area contributed by atoms with Crippen molar-refractivity contribution in [3.8, 4) is 11.5 Å². The molecule has 0 unspecified atom stereocenters. The van der Waals surface area contributed by atoms with Gasteiger partial charge in [0, 0.05) is 14.6 Å². The molecule has 0 saturated heterocycles. The Morgan fingerprint density at radius 3 is 2.48 bits per heavy atom. The number of aromatic nitrogens is 1. The van der Waals surface area contributed by atoms with E-state index in [1.54, 1.807) is 0 Å². The van der Waals surface area contributed by atoms with Crippen molar-refractivity contribution in [3.63, 3.8) is 0 Å². The minimum atomic E-state index is 0.585. The van der Waals surface area contributed by atoms with Gasteiger partial charge in [0.1, 0.15) is 5.52 Å². The molecule has 3 nitrogen and oxygen atoms in total.